The van der Waals surface area contributed by atoms with E-state index in [0.717, 1.165) is 11.4 Å². The number of nitrogens with one attached hydrogen (secondary N) is 3. The molecule has 3 rings (SSSR count). The molecule has 0 radical (unpaired) electrons. The fourth-order valence-electron chi connectivity index (χ4n) is 2.48. The average Bonchev–Trinajstić information content (AvgIpc) is 3.19. The first-order valence-electron chi connectivity index (χ1n) is 8.90. The number of urea groups is 1. The molecular weight excluding hydrogens is 390 g/mol. The lowest BCUT2D eigenvalue weighted by Gasteiger charge is -2.09. The molecule has 0 atom stereocenters. The van der Waals surface area contributed by atoms with Gasteiger partial charge in [-0.15, -0.1) is 0 Å². The van der Waals surface area contributed by atoms with E-state index in [1.165, 1.54) is 11.8 Å². The number of furan rings is 1. The van der Waals surface area contributed by atoms with Gasteiger partial charge in [-0.25, -0.2) is 14.8 Å². The van der Waals surface area contributed by atoms with E-state index >= 15 is 0 Å². The van der Waals surface area contributed by atoms with Crippen LogP contribution in [0.4, 0.5) is 16.2 Å². The normalized spacial score (nSPS) is 10.4. The van der Waals surface area contributed by atoms with Crippen molar-refractivity contribution < 1.29 is 14.0 Å². The highest BCUT2D eigenvalue weighted by molar-refractivity contribution is 7.99. The highest BCUT2D eigenvalue weighted by Crippen LogP contribution is 2.17. The number of hydrogen-bond donors (Lipinski definition) is 3. The van der Waals surface area contributed by atoms with Crippen LogP contribution in [0.1, 0.15) is 17.1 Å². The van der Waals surface area contributed by atoms with Crippen molar-refractivity contribution in [2.75, 3.05) is 16.4 Å². The lowest BCUT2D eigenvalue weighted by Crippen LogP contribution is -2.27. The van der Waals surface area contributed by atoms with Gasteiger partial charge in [0.15, 0.2) is 5.16 Å². The van der Waals surface area contributed by atoms with Gasteiger partial charge >= 0.3 is 6.03 Å². The number of hydrogen-bond acceptors (Lipinski definition) is 6. The molecule has 0 spiro atoms. The fourth-order valence-corrected chi connectivity index (χ4v) is 3.23. The second-order valence-electron chi connectivity index (χ2n) is 6.23. The molecule has 150 valence electrons. The number of carbonyl (C=O) groups excluding carboxylic acids is 2. The zero-order valence-electron chi connectivity index (χ0n) is 16.1. The maximum Gasteiger partial charge on any atom is 0.319 e. The number of aryl methyl sites for hydroxylation is 2. The van der Waals surface area contributed by atoms with E-state index in [2.05, 4.69) is 25.9 Å². The molecule has 0 fully saturated rings. The van der Waals surface area contributed by atoms with E-state index in [4.69, 9.17) is 4.42 Å². The Morgan fingerprint density at radius 2 is 1.66 bits per heavy atom. The summed E-state index contributed by atoms with van der Waals surface area (Å²) >= 11 is 1.28. The van der Waals surface area contributed by atoms with Gasteiger partial charge in [0.05, 0.1) is 18.6 Å². The minimum Gasteiger partial charge on any atom is -0.467 e. The minimum absolute atomic E-state index is 0.158. The molecule has 3 N–H and O–H groups in total. The number of benzene rings is 1. The molecule has 0 saturated carbocycles. The molecule has 0 aliphatic rings. The third-order valence-corrected chi connectivity index (χ3v) is 4.57. The van der Waals surface area contributed by atoms with Crippen LogP contribution in [0, 0.1) is 13.8 Å². The Balaban J connectivity index is 1.44. The Morgan fingerprint density at radius 1 is 1.00 bits per heavy atom. The van der Waals surface area contributed by atoms with Crippen molar-refractivity contribution in [3.63, 3.8) is 0 Å². The van der Waals surface area contributed by atoms with Crippen molar-refractivity contribution in [1.82, 2.24) is 15.3 Å². The van der Waals surface area contributed by atoms with E-state index in [1.54, 1.807) is 42.7 Å². The number of rotatable bonds is 7. The summed E-state index contributed by atoms with van der Waals surface area (Å²) < 4.78 is 5.15. The van der Waals surface area contributed by atoms with E-state index in [0.29, 0.717) is 28.8 Å². The van der Waals surface area contributed by atoms with E-state index in [9.17, 15) is 9.59 Å². The summed E-state index contributed by atoms with van der Waals surface area (Å²) in [5, 5.41) is 8.80. The maximum absolute atomic E-state index is 12.1. The Kier molecular flexibility index (Phi) is 6.85. The lowest BCUT2D eigenvalue weighted by atomic mass is 10.3. The molecule has 1 aromatic carbocycles. The number of aromatic nitrogens is 2. The van der Waals surface area contributed by atoms with Crippen molar-refractivity contribution in [3.8, 4) is 0 Å². The first kappa shape index (κ1) is 20.4. The molecule has 2 heterocycles. The Hall–Kier alpha value is -3.33. The highest BCUT2D eigenvalue weighted by atomic mass is 32.2. The molecule has 3 amide bonds. The summed E-state index contributed by atoms with van der Waals surface area (Å²) in [6, 6.07) is 11.9. The molecule has 9 heteroatoms. The van der Waals surface area contributed by atoms with Crippen molar-refractivity contribution in [3.05, 3.63) is 65.9 Å². The van der Waals surface area contributed by atoms with Gasteiger partial charge in [-0.2, -0.15) is 0 Å². The smallest absolute Gasteiger partial charge is 0.319 e. The van der Waals surface area contributed by atoms with Crippen LogP contribution in [-0.4, -0.2) is 27.7 Å². The first-order valence-corrected chi connectivity index (χ1v) is 9.89. The molecule has 3 aromatic rings. The lowest BCUT2D eigenvalue weighted by molar-refractivity contribution is -0.113. The molecule has 2 aromatic heterocycles. The van der Waals surface area contributed by atoms with Crippen LogP contribution in [0.15, 0.2) is 58.3 Å². The average molecular weight is 411 g/mol. The van der Waals surface area contributed by atoms with Crippen molar-refractivity contribution in [1.29, 1.82) is 0 Å². The molecule has 0 aliphatic carbocycles. The van der Waals surface area contributed by atoms with Gasteiger partial charge in [-0.3, -0.25) is 4.79 Å². The van der Waals surface area contributed by atoms with Crippen molar-refractivity contribution in [2.24, 2.45) is 0 Å². The molecule has 0 saturated heterocycles. The predicted molar refractivity (Wildman–Crippen MR) is 112 cm³/mol. The van der Waals surface area contributed by atoms with Crippen LogP contribution < -0.4 is 16.0 Å². The second-order valence-corrected chi connectivity index (χ2v) is 7.18. The topological polar surface area (TPSA) is 109 Å². The van der Waals surface area contributed by atoms with Gasteiger partial charge in [-0.05, 0) is 56.3 Å². The summed E-state index contributed by atoms with van der Waals surface area (Å²) in [4.78, 5) is 32.6. The van der Waals surface area contributed by atoms with Crippen molar-refractivity contribution >= 4 is 35.1 Å². The third kappa shape index (κ3) is 6.65. The minimum atomic E-state index is -0.344. The van der Waals surface area contributed by atoms with E-state index in [1.807, 2.05) is 19.9 Å². The van der Waals surface area contributed by atoms with Crippen LogP contribution in [0.3, 0.4) is 0 Å². The zero-order valence-corrected chi connectivity index (χ0v) is 16.9. The van der Waals surface area contributed by atoms with Crippen LogP contribution in [-0.2, 0) is 11.3 Å². The van der Waals surface area contributed by atoms with Crippen LogP contribution in [0.5, 0.6) is 0 Å². The quantitative estimate of drug-likeness (QED) is 0.404. The van der Waals surface area contributed by atoms with Crippen molar-refractivity contribution in [2.45, 2.75) is 25.5 Å². The van der Waals surface area contributed by atoms with Crippen LogP contribution in [0.2, 0.25) is 0 Å². The van der Waals surface area contributed by atoms with E-state index in [-0.39, 0.29) is 17.7 Å². The maximum atomic E-state index is 12.1. The fraction of sp³-hybridized carbons (Fsp3) is 0.200. The number of amides is 3. The van der Waals surface area contributed by atoms with Gasteiger partial charge in [0.2, 0.25) is 5.91 Å². The van der Waals surface area contributed by atoms with Gasteiger partial charge in [0.1, 0.15) is 5.76 Å². The SMILES string of the molecule is Cc1cc(C)nc(SCC(=O)Nc2ccc(NC(=O)NCc3ccco3)cc2)n1. The van der Waals surface area contributed by atoms with Gasteiger partial charge in [0.25, 0.3) is 0 Å². The molecular formula is C20H21N5O3S. The monoisotopic (exact) mass is 411 g/mol. The highest BCUT2D eigenvalue weighted by Gasteiger charge is 2.08. The molecule has 0 unspecified atom stereocenters. The summed E-state index contributed by atoms with van der Waals surface area (Å²) in [5.74, 6) is 0.718. The van der Waals surface area contributed by atoms with Crippen LogP contribution >= 0.6 is 11.8 Å². The Labute approximate surface area is 172 Å². The summed E-state index contributed by atoms with van der Waals surface area (Å²) in [7, 11) is 0. The molecule has 8 nitrogen and oxygen atoms in total. The van der Waals surface area contributed by atoms with Gasteiger partial charge < -0.3 is 20.4 Å². The number of anilines is 2. The Morgan fingerprint density at radius 3 is 2.28 bits per heavy atom. The van der Waals surface area contributed by atoms with Gasteiger partial charge in [0, 0.05) is 22.8 Å². The van der Waals surface area contributed by atoms with Gasteiger partial charge in [-0.1, -0.05) is 11.8 Å². The first-order chi connectivity index (χ1) is 14.0. The second kappa shape index (κ2) is 9.74. The molecule has 0 bridgehead atoms. The molecule has 29 heavy (non-hydrogen) atoms. The summed E-state index contributed by atoms with van der Waals surface area (Å²) in [6.07, 6.45) is 1.55. The van der Waals surface area contributed by atoms with Crippen LogP contribution in [0.25, 0.3) is 0 Å². The third-order valence-electron chi connectivity index (χ3n) is 3.72. The number of nitrogens with zero attached hydrogens (tertiary/aromatic N) is 2. The molecule has 0 aliphatic heterocycles. The summed E-state index contributed by atoms with van der Waals surface area (Å²) in [5.41, 5.74) is 2.99. The summed E-state index contributed by atoms with van der Waals surface area (Å²) in [6.45, 7) is 4.09. The predicted octanol–water partition coefficient (Wildman–Crippen LogP) is 3.74. The Bertz CT molecular complexity index is 954. The largest absolute Gasteiger partial charge is 0.467 e. The van der Waals surface area contributed by atoms with E-state index < -0.39 is 0 Å². The standard InChI is InChI=1S/C20H21N5O3S/c1-13-10-14(2)23-20(22-13)29-12-18(26)24-15-5-7-16(8-6-15)25-19(27)21-11-17-4-3-9-28-17/h3-10H,11-12H2,1-2H3,(H,24,26)(H2,21,25,27). The number of thioether (sulfide) groups is 1. The number of carbonyl (C=O) groups is 2. The zero-order chi connectivity index (χ0) is 20.6.